The van der Waals surface area contributed by atoms with E-state index in [0.717, 1.165) is 22.0 Å². The summed E-state index contributed by atoms with van der Waals surface area (Å²) in [4.78, 5) is 26.0. The quantitative estimate of drug-likeness (QED) is 0.876. The molecule has 2 aromatic rings. The summed E-state index contributed by atoms with van der Waals surface area (Å²) in [5, 5.41) is 17.6. The lowest BCUT2D eigenvalue weighted by Crippen LogP contribution is -2.40. The van der Waals surface area contributed by atoms with E-state index in [1.54, 1.807) is 11.1 Å². The number of carboxylic acids is 1. The Morgan fingerprint density at radius 1 is 1.48 bits per heavy atom. The van der Waals surface area contributed by atoms with Crippen LogP contribution in [0.5, 0.6) is 0 Å². The monoisotopic (exact) mass is 363 g/mol. The first-order chi connectivity index (χ1) is 11.7. The molecule has 0 saturated heterocycles. The average Bonchev–Trinajstić information content (AvgIpc) is 2.93. The van der Waals surface area contributed by atoms with E-state index in [-0.39, 0.29) is 17.7 Å². The molecule has 25 heavy (non-hydrogen) atoms. The highest BCUT2D eigenvalue weighted by atomic mass is 35.5. The fourth-order valence-electron chi connectivity index (χ4n) is 3.51. The summed E-state index contributed by atoms with van der Waals surface area (Å²) in [5.41, 5.74) is 2.59. The number of carbonyl (C=O) groups is 2. The van der Waals surface area contributed by atoms with Crippen LogP contribution in [0.2, 0.25) is 5.02 Å². The van der Waals surface area contributed by atoms with Gasteiger partial charge >= 0.3 is 5.97 Å². The van der Waals surface area contributed by atoms with E-state index in [2.05, 4.69) is 31.0 Å². The number of carbonyl (C=O) groups excluding carboxylic acids is 1. The zero-order chi connectivity index (χ0) is 18.4. The molecule has 0 bridgehead atoms. The molecule has 0 spiro atoms. The SMILES string of the molecule is CC(C)(C)CN1Cc2c(cc(Cl)c3[nH]ncc23)CC(CC(=O)O)C1=O. The minimum absolute atomic E-state index is 0.0874. The van der Waals surface area contributed by atoms with Gasteiger partial charge in [0.2, 0.25) is 5.91 Å². The number of nitrogens with zero attached hydrogens (tertiary/aromatic N) is 2. The van der Waals surface area contributed by atoms with Crippen molar-refractivity contribution in [3.63, 3.8) is 0 Å². The van der Waals surface area contributed by atoms with Crippen molar-refractivity contribution in [2.24, 2.45) is 11.3 Å². The number of aliphatic carboxylic acids is 1. The third kappa shape index (κ3) is 3.63. The molecular weight excluding hydrogens is 342 g/mol. The molecule has 1 atom stereocenters. The average molecular weight is 364 g/mol. The number of amides is 1. The highest BCUT2D eigenvalue weighted by molar-refractivity contribution is 6.35. The maximum atomic E-state index is 13.0. The zero-order valence-corrected chi connectivity index (χ0v) is 15.4. The number of benzene rings is 1. The van der Waals surface area contributed by atoms with Crippen LogP contribution in [0.4, 0.5) is 0 Å². The maximum absolute atomic E-state index is 13.0. The lowest BCUT2D eigenvalue weighted by molar-refractivity contribution is -0.145. The van der Waals surface area contributed by atoms with Gasteiger partial charge in [-0.15, -0.1) is 0 Å². The van der Waals surface area contributed by atoms with Crippen LogP contribution in [0.15, 0.2) is 12.3 Å². The molecule has 1 aliphatic rings. The summed E-state index contributed by atoms with van der Waals surface area (Å²) in [5.74, 6) is -1.66. The number of nitrogens with one attached hydrogen (secondary N) is 1. The van der Waals surface area contributed by atoms with Crippen LogP contribution in [0, 0.1) is 11.3 Å². The number of fused-ring (bicyclic) bond motifs is 3. The summed E-state index contributed by atoms with van der Waals surface area (Å²) in [7, 11) is 0. The van der Waals surface area contributed by atoms with Gasteiger partial charge in [-0.05, 0) is 29.0 Å². The van der Waals surface area contributed by atoms with E-state index < -0.39 is 11.9 Å². The van der Waals surface area contributed by atoms with Crippen molar-refractivity contribution in [2.45, 2.75) is 40.2 Å². The summed E-state index contributed by atoms with van der Waals surface area (Å²) in [6.45, 7) is 7.19. The van der Waals surface area contributed by atoms with Crippen molar-refractivity contribution in [1.82, 2.24) is 15.1 Å². The first-order valence-electron chi connectivity index (χ1n) is 8.29. The van der Waals surface area contributed by atoms with Gasteiger partial charge in [0.25, 0.3) is 0 Å². The van der Waals surface area contributed by atoms with Crippen LogP contribution >= 0.6 is 11.6 Å². The van der Waals surface area contributed by atoms with Gasteiger partial charge in [0.1, 0.15) is 0 Å². The Morgan fingerprint density at radius 2 is 2.20 bits per heavy atom. The summed E-state index contributed by atoms with van der Waals surface area (Å²) in [6, 6.07) is 1.83. The van der Waals surface area contributed by atoms with Crippen molar-refractivity contribution in [2.75, 3.05) is 6.54 Å². The van der Waals surface area contributed by atoms with Gasteiger partial charge in [-0.25, -0.2) is 0 Å². The topological polar surface area (TPSA) is 86.3 Å². The van der Waals surface area contributed by atoms with Crippen LogP contribution in [0.3, 0.4) is 0 Å². The number of aromatic nitrogens is 2. The zero-order valence-electron chi connectivity index (χ0n) is 14.6. The molecule has 6 nitrogen and oxygen atoms in total. The molecule has 1 unspecified atom stereocenters. The molecule has 2 N–H and O–H groups in total. The molecule has 0 saturated carbocycles. The highest BCUT2D eigenvalue weighted by Crippen LogP contribution is 2.34. The van der Waals surface area contributed by atoms with E-state index >= 15 is 0 Å². The van der Waals surface area contributed by atoms with E-state index in [9.17, 15) is 14.7 Å². The number of carboxylic acid groups (broad SMARTS) is 1. The Morgan fingerprint density at radius 3 is 2.84 bits per heavy atom. The molecule has 1 aromatic carbocycles. The standard InChI is InChI=1S/C18H22ClN3O3/c1-18(2,3)9-22-8-13-10(4-11(17(22)25)6-15(23)24)5-14(19)16-12(13)7-20-21-16/h5,7,11H,4,6,8-9H2,1-3H3,(H,20,21)(H,23,24). The third-order valence-corrected chi connectivity index (χ3v) is 4.75. The van der Waals surface area contributed by atoms with Crippen molar-refractivity contribution in [3.05, 3.63) is 28.4 Å². The minimum atomic E-state index is -0.965. The van der Waals surface area contributed by atoms with Crippen molar-refractivity contribution >= 4 is 34.4 Å². The molecule has 0 aliphatic carbocycles. The molecule has 3 rings (SSSR count). The molecule has 134 valence electrons. The summed E-state index contributed by atoms with van der Waals surface area (Å²) in [6.07, 6.45) is 1.92. The summed E-state index contributed by atoms with van der Waals surface area (Å²) < 4.78 is 0. The van der Waals surface area contributed by atoms with E-state index in [1.807, 2.05) is 6.07 Å². The van der Waals surface area contributed by atoms with E-state index in [4.69, 9.17) is 11.6 Å². The molecule has 1 amide bonds. The molecule has 2 heterocycles. The molecular formula is C18H22ClN3O3. The Bertz CT molecular complexity index is 838. The smallest absolute Gasteiger partial charge is 0.304 e. The van der Waals surface area contributed by atoms with Gasteiger partial charge in [-0.1, -0.05) is 32.4 Å². The van der Waals surface area contributed by atoms with Crippen LogP contribution < -0.4 is 0 Å². The van der Waals surface area contributed by atoms with Gasteiger partial charge in [0.05, 0.1) is 29.1 Å². The number of aromatic amines is 1. The molecule has 1 aliphatic heterocycles. The predicted molar refractivity (Wildman–Crippen MR) is 95.4 cm³/mol. The minimum Gasteiger partial charge on any atom is -0.481 e. The van der Waals surface area contributed by atoms with Crippen molar-refractivity contribution < 1.29 is 14.7 Å². The van der Waals surface area contributed by atoms with Crippen molar-refractivity contribution in [1.29, 1.82) is 0 Å². The Labute approximate surface area is 151 Å². The Hall–Kier alpha value is -2.08. The lowest BCUT2D eigenvalue weighted by Gasteiger charge is -2.31. The largest absolute Gasteiger partial charge is 0.481 e. The molecule has 1 aromatic heterocycles. The number of halogens is 1. The maximum Gasteiger partial charge on any atom is 0.304 e. The van der Waals surface area contributed by atoms with Crippen LogP contribution in [0.1, 0.15) is 38.3 Å². The summed E-state index contributed by atoms with van der Waals surface area (Å²) >= 11 is 6.34. The van der Waals surface area contributed by atoms with E-state index in [0.29, 0.717) is 24.5 Å². The number of hydrogen-bond acceptors (Lipinski definition) is 3. The van der Waals surface area contributed by atoms with E-state index in [1.165, 1.54) is 0 Å². The molecule has 0 radical (unpaired) electrons. The molecule has 0 fully saturated rings. The van der Waals surface area contributed by atoms with Gasteiger partial charge < -0.3 is 10.0 Å². The fraction of sp³-hybridized carbons (Fsp3) is 0.500. The lowest BCUT2D eigenvalue weighted by atomic mass is 9.92. The fourth-order valence-corrected chi connectivity index (χ4v) is 3.78. The first-order valence-corrected chi connectivity index (χ1v) is 8.67. The van der Waals surface area contributed by atoms with Crippen molar-refractivity contribution in [3.8, 4) is 0 Å². The number of H-pyrrole nitrogens is 1. The highest BCUT2D eigenvalue weighted by Gasteiger charge is 2.34. The van der Waals surface area contributed by atoms with Gasteiger partial charge in [-0.2, -0.15) is 5.10 Å². The predicted octanol–water partition coefficient (Wildman–Crippen LogP) is 3.24. The number of rotatable bonds is 3. The first kappa shape index (κ1) is 17.7. The van der Waals surface area contributed by atoms with Crippen LogP contribution in [0.25, 0.3) is 10.9 Å². The van der Waals surface area contributed by atoms with Gasteiger partial charge in [-0.3, -0.25) is 14.7 Å². The van der Waals surface area contributed by atoms with Crippen LogP contribution in [-0.2, 0) is 22.6 Å². The second-order valence-corrected chi connectivity index (χ2v) is 8.32. The normalized spacial score (nSPS) is 18.3. The van der Waals surface area contributed by atoms with Gasteiger partial charge in [0, 0.05) is 18.5 Å². The van der Waals surface area contributed by atoms with Crippen LogP contribution in [-0.4, -0.2) is 38.6 Å². The number of hydrogen-bond donors (Lipinski definition) is 2. The van der Waals surface area contributed by atoms with Gasteiger partial charge in [0.15, 0.2) is 0 Å². The molecule has 7 heteroatoms. The Balaban J connectivity index is 2.11. The second-order valence-electron chi connectivity index (χ2n) is 7.91. The third-order valence-electron chi connectivity index (χ3n) is 4.45. The Kier molecular flexibility index (Phi) is 4.49. The second kappa shape index (κ2) is 6.33.